The minimum absolute atomic E-state index is 0.125. The summed E-state index contributed by atoms with van der Waals surface area (Å²) in [4.78, 5) is 0. The second-order valence-electron chi connectivity index (χ2n) is 9.06. The third kappa shape index (κ3) is 11.6. The van der Waals surface area contributed by atoms with Crippen LogP contribution in [0.4, 0.5) is 0 Å². The standard InChI is InChI=1S/C15H24.C12H18O2/c1-13-7-5-8-14(2)10-12-15(3,4)11-6-9-13;1-2-3-4-5-6-10-7-8-11(13)9-12(10)14/h6-7,10-11H,5,8-9,12H2,1-4H3;7-9,13-14H,2-6H2,1H3. The maximum absolute atomic E-state index is 9.49. The van der Waals surface area contributed by atoms with Crippen LogP contribution in [-0.2, 0) is 6.42 Å². The Bertz CT molecular complexity index is 692. The summed E-state index contributed by atoms with van der Waals surface area (Å²) in [6, 6.07) is 4.81. The van der Waals surface area contributed by atoms with E-state index in [1.807, 2.05) is 0 Å². The molecule has 0 fully saturated rings. The largest absolute Gasteiger partial charge is 0.508 e. The molecule has 1 aliphatic carbocycles. The predicted molar refractivity (Wildman–Crippen MR) is 127 cm³/mol. The SMILES string of the molecule is CC1=CCCC(C)=CCC(C)(C)C=CC1.CCCCCCc1ccc(O)cc1O. The molecule has 1 aromatic carbocycles. The lowest BCUT2D eigenvalue weighted by molar-refractivity contribution is 0.445. The molecule has 2 N–H and O–H groups in total. The summed E-state index contributed by atoms with van der Waals surface area (Å²) >= 11 is 0. The van der Waals surface area contributed by atoms with E-state index in [9.17, 15) is 5.11 Å². The van der Waals surface area contributed by atoms with Crippen molar-refractivity contribution in [1.82, 2.24) is 0 Å². The normalized spacial score (nSPS) is 16.7. The highest BCUT2D eigenvalue weighted by Crippen LogP contribution is 2.26. The van der Waals surface area contributed by atoms with Gasteiger partial charge in [0.1, 0.15) is 11.5 Å². The summed E-state index contributed by atoms with van der Waals surface area (Å²) in [5, 5.41) is 18.6. The fourth-order valence-corrected chi connectivity index (χ4v) is 3.31. The lowest BCUT2D eigenvalue weighted by Crippen LogP contribution is -2.05. The van der Waals surface area contributed by atoms with Crippen molar-refractivity contribution in [3.05, 3.63) is 59.2 Å². The molecular weight excluding hydrogens is 356 g/mol. The van der Waals surface area contributed by atoms with Gasteiger partial charge in [-0.25, -0.2) is 0 Å². The smallest absolute Gasteiger partial charge is 0.122 e. The number of hydrogen-bond acceptors (Lipinski definition) is 2. The molecule has 0 bridgehead atoms. The molecule has 0 saturated carbocycles. The lowest BCUT2D eigenvalue weighted by atomic mass is 9.87. The van der Waals surface area contributed by atoms with E-state index in [0.717, 1.165) is 31.2 Å². The summed E-state index contributed by atoms with van der Waals surface area (Å²) < 4.78 is 0. The van der Waals surface area contributed by atoms with Crippen molar-refractivity contribution in [3.8, 4) is 11.5 Å². The topological polar surface area (TPSA) is 40.5 Å². The Labute approximate surface area is 179 Å². The van der Waals surface area contributed by atoms with E-state index >= 15 is 0 Å². The number of hydrogen-bond donors (Lipinski definition) is 2. The molecule has 1 aliphatic rings. The summed E-state index contributed by atoms with van der Waals surface area (Å²) in [5.74, 6) is 0.335. The van der Waals surface area contributed by atoms with Crippen LogP contribution in [0, 0.1) is 5.41 Å². The van der Waals surface area contributed by atoms with Gasteiger partial charge in [0.15, 0.2) is 0 Å². The molecule has 0 saturated heterocycles. The number of benzene rings is 1. The average Bonchev–Trinajstić information content (AvgIpc) is 2.67. The number of aryl methyl sites for hydroxylation is 1. The van der Waals surface area contributed by atoms with Crippen molar-refractivity contribution >= 4 is 0 Å². The zero-order valence-corrected chi connectivity index (χ0v) is 19.3. The van der Waals surface area contributed by atoms with Gasteiger partial charge in [0.25, 0.3) is 0 Å². The Hall–Kier alpha value is -1.96. The van der Waals surface area contributed by atoms with Gasteiger partial charge in [0.05, 0.1) is 0 Å². The van der Waals surface area contributed by atoms with Crippen LogP contribution in [0.15, 0.2) is 53.6 Å². The van der Waals surface area contributed by atoms with Crippen LogP contribution in [-0.4, -0.2) is 10.2 Å². The molecule has 2 heteroatoms. The zero-order chi connectivity index (χ0) is 21.7. The van der Waals surface area contributed by atoms with Crippen molar-refractivity contribution in [2.24, 2.45) is 5.41 Å². The van der Waals surface area contributed by atoms with E-state index < -0.39 is 0 Å². The van der Waals surface area contributed by atoms with Gasteiger partial charge in [-0.1, -0.05) is 81.6 Å². The summed E-state index contributed by atoms with van der Waals surface area (Å²) in [7, 11) is 0. The number of phenolic OH excluding ortho intramolecular Hbond substituents is 2. The van der Waals surface area contributed by atoms with E-state index in [-0.39, 0.29) is 11.5 Å². The molecule has 2 rings (SSSR count). The van der Waals surface area contributed by atoms with Crippen molar-refractivity contribution in [2.75, 3.05) is 0 Å². The molecule has 0 atom stereocenters. The summed E-state index contributed by atoms with van der Waals surface area (Å²) in [5.41, 5.74) is 4.27. The molecule has 1 aromatic rings. The van der Waals surface area contributed by atoms with Crippen molar-refractivity contribution in [1.29, 1.82) is 0 Å². The average molecular weight is 399 g/mol. The Morgan fingerprint density at radius 1 is 0.966 bits per heavy atom. The second-order valence-corrected chi connectivity index (χ2v) is 9.06. The maximum Gasteiger partial charge on any atom is 0.122 e. The minimum Gasteiger partial charge on any atom is -0.508 e. The Kier molecular flexibility index (Phi) is 11.5. The number of phenols is 2. The predicted octanol–water partition coefficient (Wildman–Crippen LogP) is 8.26. The Morgan fingerprint density at radius 3 is 2.41 bits per heavy atom. The molecular formula is C27H42O2. The first-order valence-electron chi connectivity index (χ1n) is 11.2. The second kappa shape index (κ2) is 13.3. The molecule has 0 radical (unpaired) electrons. The van der Waals surface area contributed by atoms with Crippen LogP contribution >= 0.6 is 0 Å². The number of rotatable bonds is 5. The zero-order valence-electron chi connectivity index (χ0n) is 19.3. The molecule has 0 aromatic heterocycles. The van der Waals surface area contributed by atoms with E-state index in [0.29, 0.717) is 5.41 Å². The van der Waals surface area contributed by atoms with Gasteiger partial charge in [0.2, 0.25) is 0 Å². The van der Waals surface area contributed by atoms with Gasteiger partial charge in [-0.15, -0.1) is 0 Å². The summed E-state index contributed by atoms with van der Waals surface area (Å²) in [6.07, 6.45) is 19.8. The number of allylic oxidation sites excluding steroid dienone is 6. The van der Waals surface area contributed by atoms with Gasteiger partial charge in [0, 0.05) is 6.07 Å². The lowest BCUT2D eigenvalue weighted by Gasteiger charge is -2.18. The van der Waals surface area contributed by atoms with Crippen LogP contribution < -0.4 is 0 Å². The van der Waals surface area contributed by atoms with Crippen LogP contribution in [0.1, 0.15) is 91.5 Å². The van der Waals surface area contributed by atoms with Crippen LogP contribution in [0.25, 0.3) is 0 Å². The van der Waals surface area contributed by atoms with Crippen molar-refractivity contribution in [2.45, 2.75) is 92.4 Å². The van der Waals surface area contributed by atoms with Gasteiger partial charge >= 0.3 is 0 Å². The highest BCUT2D eigenvalue weighted by Gasteiger charge is 2.11. The molecule has 29 heavy (non-hydrogen) atoms. The molecule has 0 spiro atoms. The van der Waals surface area contributed by atoms with Gasteiger partial charge < -0.3 is 10.2 Å². The third-order valence-electron chi connectivity index (χ3n) is 5.39. The molecule has 0 unspecified atom stereocenters. The first kappa shape index (κ1) is 25.1. The number of aromatic hydroxyl groups is 2. The van der Waals surface area contributed by atoms with E-state index in [4.69, 9.17) is 5.11 Å². The monoisotopic (exact) mass is 398 g/mol. The summed E-state index contributed by atoms with van der Waals surface area (Å²) in [6.45, 7) is 11.3. The molecule has 0 amide bonds. The van der Waals surface area contributed by atoms with E-state index in [2.05, 4.69) is 58.9 Å². The van der Waals surface area contributed by atoms with E-state index in [1.54, 1.807) is 12.1 Å². The quantitative estimate of drug-likeness (QED) is 0.387. The van der Waals surface area contributed by atoms with E-state index in [1.165, 1.54) is 49.3 Å². The first-order valence-corrected chi connectivity index (χ1v) is 11.2. The van der Waals surface area contributed by atoms with Crippen LogP contribution in [0.5, 0.6) is 11.5 Å². The van der Waals surface area contributed by atoms with Gasteiger partial charge in [-0.2, -0.15) is 0 Å². The van der Waals surface area contributed by atoms with Crippen molar-refractivity contribution in [3.63, 3.8) is 0 Å². The highest BCUT2D eigenvalue weighted by atomic mass is 16.3. The molecule has 2 nitrogen and oxygen atoms in total. The fourth-order valence-electron chi connectivity index (χ4n) is 3.31. The molecule has 0 aliphatic heterocycles. The van der Waals surface area contributed by atoms with Gasteiger partial charge in [-0.05, 0) is 69.4 Å². The first-order chi connectivity index (χ1) is 13.7. The highest BCUT2D eigenvalue weighted by molar-refractivity contribution is 5.38. The molecule has 162 valence electrons. The Morgan fingerprint density at radius 2 is 1.72 bits per heavy atom. The fraction of sp³-hybridized carbons (Fsp3) is 0.556. The molecule has 0 heterocycles. The van der Waals surface area contributed by atoms with Gasteiger partial charge in [-0.3, -0.25) is 0 Å². The van der Waals surface area contributed by atoms with Crippen LogP contribution in [0.2, 0.25) is 0 Å². The Balaban J connectivity index is 0.000000291. The third-order valence-corrected chi connectivity index (χ3v) is 5.39. The maximum atomic E-state index is 9.49. The van der Waals surface area contributed by atoms with Crippen LogP contribution in [0.3, 0.4) is 0 Å². The minimum atomic E-state index is 0.125. The number of unbranched alkanes of at least 4 members (excludes halogenated alkanes) is 3. The van der Waals surface area contributed by atoms with Crippen molar-refractivity contribution < 1.29 is 10.2 Å².